The van der Waals surface area contributed by atoms with Crippen molar-refractivity contribution in [1.29, 1.82) is 0 Å². The Hall–Kier alpha value is -3.67. The molecule has 0 aromatic carbocycles. The lowest BCUT2D eigenvalue weighted by Crippen LogP contribution is -2.30. The minimum absolute atomic E-state index is 0.0922. The van der Waals surface area contributed by atoms with E-state index >= 15 is 0 Å². The standard InChI is InChI=1S/C67H114O6/c1-4-7-10-13-16-19-22-25-28-31-33-36-39-42-45-48-51-54-57-60-66(69)72-63-64(62-71-65(68)59-56-53-50-47-44-41-38-35-30-27-24-21-18-15-12-9-6-3)73-67(70)61-58-55-52-49-46-43-40-37-34-32-29-26-23-20-17-14-11-8-5-2/h7,10,13,16,19,22,25,28,31-34,36,39,42,45,64H,4-6,8-9,11-12,14-15,17-18,20-21,23-24,26-27,29-30,35,37-38,40-41,43-44,46-63H2,1-3H3/b10-7-,16-13-,22-19-,28-25-,33-31+,34-32-,39-36-,45-42-. The highest BCUT2D eigenvalue weighted by atomic mass is 16.6. The SMILES string of the molecule is CC\C=C/C=C\C=C/C=C\C=C\C=C/C=C\CCCCCC(=O)OCC(COC(=O)CCCCCCCCCCCCCCCCCCC)OC(=O)CCCCCCCCC/C=C\CCCCCCCCCC. The molecule has 0 saturated heterocycles. The molecule has 0 aromatic rings. The summed E-state index contributed by atoms with van der Waals surface area (Å²) in [5, 5.41) is 0. The fraction of sp³-hybridized carbons (Fsp3) is 0.716. The smallest absolute Gasteiger partial charge is 0.306 e. The Morgan fingerprint density at radius 3 is 0.890 bits per heavy atom. The summed E-state index contributed by atoms with van der Waals surface area (Å²) in [5.41, 5.74) is 0. The molecule has 0 aliphatic carbocycles. The van der Waals surface area contributed by atoms with Crippen LogP contribution < -0.4 is 0 Å². The van der Waals surface area contributed by atoms with Crippen LogP contribution in [0.3, 0.4) is 0 Å². The van der Waals surface area contributed by atoms with E-state index in [1.165, 1.54) is 180 Å². The van der Waals surface area contributed by atoms with Gasteiger partial charge < -0.3 is 14.2 Å². The average molecular weight is 1020 g/mol. The van der Waals surface area contributed by atoms with Gasteiger partial charge in [-0.25, -0.2) is 0 Å². The van der Waals surface area contributed by atoms with E-state index in [1.54, 1.807) is 0 Å². The van der Waals surface area contributed by atoms with Crippen molar-refractivity contribution in [3.05, 3.63) is 97.2 Å². The number of allylic oxidation sites excluding steroid dienone is 16. The lowest BCUT2D eigenvalue weighted by Gasteiger charge is -2.18. The topological polar surface area (TPSA) is 78.9 Å². The molecule has 0 aliphatic heterocycles. The van der Waals surface area contributed by atoms with Crippen LogP contribution in [0.2, 0.25) is 0 Å². The van der Waals surface area contributed by atoms with Gasteiger partial charge in [-0.1, -0.05) is 304 Å². The molecule has 1 unspecified atom stereocenters. The summed E-state index contributed by atoms with van der Waals surface area (Å²) in [7, 11) is 0. The van der Waals surface area contributed by atoms with Gasteiger partial charge in [0.25, 0.3) is 0 Å². The molecule has 1 atom stereocenters. The van der Waals surface area contributed by atoms with Gasteiger partial charge in [0.1, 0.15) is 13.2 Å². The van der Waals surface area contributed by atoms with Gasteiger partial charge >= 0.3 is 17.9 Å². The van der Waals surface area contributed by atoms with Gasteiger partial charge in [0.2, 0.25) is 0 Å². The molecule has 6 nitrogen and oxygen atoms in total. The van der Waals surface area contributed by atoms with E-state index in [0.29, 0.717) is 19.3 Å². The number of ether oxygens (including phenoxy) is 3. The van der Waals surface area contributed by atoms with Crippen molar-refractivity contribution >= 4 is 17.9 Å². The fourth-order valence-corrected chi connectivity index (χ4v) is 8.66. The lowest BCUT2D eigenvalue weighted by atomic mass is 10.0. The first-order chi connectivity index (χ1) is 36.0. The third kappa shape index (κ3) is 59.1. The maximum atomic E-state index is 12.9. The third-order valence-electron chi connectivity index (χ3n) is 13.3. The van der Waals surface area contributed by atoms with E-state index in [-0.39, 0.29) is 31.1 Å². The summed E-state index contributed by atoms with van der Waals surface area (Å²) in [6.45, 7) is 6.48. The molecule has 0 saturated carbocycles. The van der Waals surface area contributed by atoms with Crippen LogP contribution in [-0.2, 0) is 28.6 Å². The second kappa shape index (κ2) is 60.9. The normalized spacial score (nSPS) is 12.8. The Morgan fingerprint density at radius 2 is 0.548 bits per heavy atom. The molecule has 0 rings (SSSR count). The predicted octanol–water partition coefficient (Wildman–Crippen LogP) is 20.9. The second-order valence-electron chi connectivity index (χ2n) is 20.4. The number of rotatable bonds is 55. The Bertz CT molecular complexity index is 1440. The van der Waals surface area contributed by atoms with E-state index in [0.717, 1.165) is 70.6 Å². The van der Waals surface area contributed by atoms with Gasteiger partial charge in [0.15, 0.2) is 6.10 Å². The van der Waals surface area contributed by atoms with Gasteiger partial charge in [0, 0.05) is 19.3 Å². The highest BCUT2D eigenvalue weighted by molar-refractivity contribution is 5.71. The van der Waals surface area contributed by atoms with Crippen molar-refractivity contribution in [3.63, 3.8) is 0 Å². The molecular weight excluding hydrogens is 901 g/mol. The summed E-state index contributed by atoms with van der Waals surface area (Å²) in [6, 6.07) is 0. The Morgan fingerprint density at radius 1 is 0.288 bits per heavy atom. The predicted molar refractivity (Wildman–Crippen MR) is 316 cm³/mol. The van der Waals surface area contributed by atoms with Crippen LogP contribution in [0, 0.1) is 0 Å². The number of hydrogen-bond donors (Lipinski definition) is 0. The van der Waals surface area contributed by atoms with Gasteiger partial charge in [0.05, 0.1) is 0 Å². The molecule has 0 fully saturated rings. The molecule has 0 spiro atoms. The van der Waals surface area contributed by atoms with Crippen LogP contribution in [-0.4, -0.2) is 37.2 Å². The van der Waals surface area contributed by atoms with Crippen molar-refractivity contribution in [3.8, 4) is 0 Å². The molecule has 0 bridgehead atoms. The number of hydrogen-bond acceptors (Lipinski definition) is 6. The van der Waals surface area contributed by atoms with Gasteiger partial charge in [-0.2, -0.15) is 0 Å². The first kappa shape index (κ1) is 69.3. The number of esters is 3. The fourth-order valence-electron chi connectivity index (χ4n) is 8.66. The average Bonchev–Trinajstić information content (AvgIpc) is 3.39. The van der Waals surface area contributed by atoms with Crippen LogP contribution in [0.15, 0.2) is 97.2 Å². The van der Waals surface area contributed by atoms with Crippen LogP contribution >= 0.6 is 0 Å². The van der Waals surface area contributed by atoms with Gasteiger partial charge in [-0.3, -0.25) is 14.4 Å². The largest absolute Gasteiger partial charge is 0.462 e. The molecule has 73 heavy (non-hydrogen) atoms. The van der Waals surface area contributed by atoms with E-state index in [4.69, 9.17) is 14.2 Å². The number of carbonyl (C=O) groups is 3. The van der Waals surface area contributed by atoms with E-state index in [2.05, 4.69) is 51.2 Å². The van der Waals surface area contributed by atoms with E-state index < -0.39 is 6.10 Å². The zero-order valence-corrected chi connectivity index (χ0v) is 47.9. The Labute approximate surface area is 451 Å². The maximum Gasteiger partial charge on any atom is 0.306 e. The molecule has 0 amide bonds. The Balaban J connectivity index is 4.47. The van der Waals surface area contributed by atoms with Crippen molar-refractivity contribution in [1.82, 2.24) is 0 Å². The molecule has 0 aromatic heterocycles. The molecule has 0 aliphatic rings. The minimum atomic E-state index is -0.799. The first-order valence-corrected chi connectivity index (χ1v) is 30.8. The van der Waals surface area contributed by atoms with E-state index in [9.17, 15) is 14.4 Å². The highest BCUT2D eigenvalue weighted by Crippen LogP contribution is 2.16. The number of carbonyl (C=O) groups excluding carboxylic acids is 3. The van der Waals surface area contributed by atoms with Gasteiger partial charge in [-0.15, -0.1) is 0 Å². The summed E-state index contributed by atoms with van der Waals surface area (Å²) in [4.78, 5) is 38.3. The maximum absolute atomic E-state index is 12.9. The van der Waals surface area contributed by atoms with Crippen molar-refractivity contribution in [2.24, 2.45) is 0 Å². The lowest BCUT2D eigenvalue weighted by molar-refractivity contribution is -0.167. The summed E-state index contributed by atoms with van der Waals surface area (Å²) in [6.07, 6.45) is 81.1. The minimum Gasteiger partial charge on any atom is -0.462 e. The molecule has 6 heteroatoms. The highest BCUT2D eigenvalue weighted by Gasteiger charge is 2.19. The molecule has 0 radical (unpaired) electrons. The third-order valence-corrected chi connectivity index (χ3v) is 13.3. The zero-order valence-electron chi connectivity index (χ0n) is 47.9. The first-order valence-electron chi connectivity index (χ1n) is 30.8. The molecular formula is C67H114O6. The monoisotopic (exact) mass is 1010 g/mol. The van der Waals surface area contributed by atoms with E-state index in [1.807, 2.05) is 66.8 Å². The molecule has 418 valence electrons. The van der Waals surface area contributed by atoms with Crippen molar-refractivity contribution < 1.29 is 28.6 Å². The van der Waals surface area contributed by atoms with Crippen LogP contribution in [0.25, 0.3) is 0 Å². The van der Waals surface area contributed by atoms with Crippen LogP contribution in [0.1, 0.15) is 290 Å². The van der Waals surface area contributed by atoms with Crippen molar-refractivity contribution in [2.75, 3.05) is 13.2 Å². The zero-order chi connectivity index (χ0) is 52.9. The second-order valence-corrected chi connectivity index (χ2v) is 20.4. The van der Waals surface area contributed by atoms with Crippen molar-refractivity contribution in [2.45, 2.75) is 297 Å². The summed E-state index contributed by atoms with van der Waals surface area (Å²) in [5.74, 6) is -0.933. The Kier molecular flexibility index (Phi) is 57.8. The number of unbranched alkanes of at least 4 members (excludes halogenated alkanes) is 34. The quantitative estimate of drug-likeness (QED) is 0.0199. The van der Waals surface area contributed by atoms with Gasteiger partial charge in [-0.05, 0) is 64.2 Å². The summed E-state index contributed by atoms with van der Waals surface area (Å²) >= 11 is 0. The van der Waals surface area contributed by atoms with Crippen LogP contribution in [0.4, 0.5) is 0 Å². The van der Waals surface area contributed by atoms with Crippen LogP contribution in [0.5, 0.6) is 0 Å². The molecule has 0 N–H and O–H groups in total. The molecule has 0 heterocycles. The summed E-state index contributed by atoms with van der Waals surface area (Å²) < 4.78 is 16.9.